The molecule has 112 valence electrons. The summed E-state index contributed by atoms with van der Waals surface area (Å²) in [5.74, 6) is 1.44. The topological polar surface area (TPSA) is 44.5 Å². The molecule has 0 bridgehead atoms. The van der Waals surface area contributed by atoms with Crippen LogP contribution in [0.3, 0.4) is 0 Å². The lowest BCUT2D eigenvalue weighted by atomic mass is 9.99. The third-order valence-corrected chi connectivity index (χ3v) is 3.51. The molecule has 2 aromatic carbocycles. The standard InChI is InChI=1S/C17H20ClNO2/c1-3-20-15-10-9-12(11-16(15)21-4-2)17(19)13-7-5-6-8-14(13)18/h5-11,17H,3-4,19H2,1-2H3. The molecule has 1 atom stereocenters. The lowest BCUT2D eigenvalue weighted by molar-refractivity contribution is 0.287. The molecular weight excluding hydrogens is 286 g/mol. The number of ether oxygens (including phenoxy) is 2. The van der Waals surface area contributed by atoms with Crippen molar-refractivity contribution in [1.29, 1.82) is 0 Å². The second-order valence-corrected chi connectivity index (χ2v) is 4.98. The zero-order valence-corrected chi connectivity index (χ0v) is 13.1. The Morgan fingerprint density at radius 1 is 1.00 bits per heavy atom. The summed E-state index contributed by atoms with van der Waals surface area (Å²) in [6, 6.07) is 13.1. The molecule has 0 spiro atoms. The van der Waals surface area contributed by atoms with E-state index in [-0.39, 0.29) is 6.04 Å². The van der Waals surface area contributed by atoms with Crippen molar-refractivity contribution in [3.63, 3.8) is 0 Å². The maximum Gasteiger partial charge on any atom is 0.161 e. The van der Waals surface area contributed by atoms with E-state index in [9.17, 15) is 0 Å². The molecule has 0 saturated heterocycles. The molecule has 0 aliphatic rings. The van der Waals surface area contributed by atoms with E-state index in [1.165, 1.54) is 0 Å². The first-order valence-electron chi connectivity index (χ1n) is 7.06. The molecule has 2 rings (SSSR count). The van der Waals surface area contributed by atoms with E-state index < -0.39 is 0 Å². The fraction of sp³-hybridized carbons (Fsp3) is 0.294. The van der Waals surface area contributed by atoms with Crippen molar-refractivity contribution >= 4 is 11.6 Å². The van der Waals surface area contributed by atoms with Gasteiger partial charge in [-0.1, -0.05) is 35.9 Å². The van der Waals surface area contributed by atoms with Crippen LogP contribution in [-0.4, -0.2) is 13.2 Å². The van der Waals surface area contributed by atoms with Crippen LogP contribution < -0.4 is 15.2 Å². The van der Waals surface area contributed by atoms with Crippen LogP contribution in [0.1, 0.15) is 31.0 Å². The maximum absolute atomic E-state index is 6.33. The van der Waals surface area contributed by atoms with Crippen LogP contribution in [0.2, 0.25) is 5.02 Å². The molecule has 0 heterocycles. The minimum absolute atomic E-state index is 0.298. The Morgan fingerprint density at radius 2 is 1.67 bits per heavy atom. The Labute approximate surface area is 130 Å². The fourth-order valence-electron chi connectivity index (χ4n) is 2.17. The SMILES string of the molecule is CCOc1ccc(C(N)c2ccccc2Cl)cc1OCC. The van der Waals surface area contributed by atoms with Crippen molar-refractivity contribution in [3.05, 3.63) is 58.6 Å². The third-order valence-electron chi connectivity index (χ3n) is 3.17. The number of hydrogen-bond donors (Lipinski definition) is 1. The highest BCUT2D eigenvalue weighted by Crippen LogP contribution is 2.33. The average Bonchev–Trinajstić information content (AvgIpc) is 2.49. The summed E-state index contributed by atoms with van der Waals surface area (Å²) in [6.45, 7) is 5.05. The predicted molar refractivity (Wildman–Crippen MR) is 86.3 cm³/mol. The zero-order valence-electron chi connectivity index (χ0n) is 12.3. The van der Waals surface area contributed by atoms with Gasteiger partial charge >= 0.3 is 0 Å². The minimum atomic E-state index is -0.298. The molecule has 0 aromatic heterocycles. The molecule has 0 aliphatic heterocycles. The Bertz CT molecular complexity index is 601. The number of rotatable bonds is 6. The maximum atomic E-state index is 6.33. The molecule has 3 nitrogen and oxygen atoms in total. The molecule has 1 unspecified atom stereocenters. The van der Waals surface area contributed by atoms with Crippen molar-refractivity contribution in [2.75, 3.05) is 13.2 Å². The summed E-state index contributed by atoms with van der Waals surface area (Å²) in [7, 11) is 0. The molecule has 4 heteroatoms. The predicted octanol–water partition coefficient (Wildman–Crippen LogP) is 4.19. The lowest BCUT2D eigenvalue weighted by Crippen LogP contribution is -2.12. The summed E-state index contributed by atoms with van der Waals surface area (Å²) >= 11 is 6.22. The summed E-state index contributed by atoms with van der Waals surface area (Å²) in [5.41, 5.74) is 8.16. The van der Waals surface area contributed by atoms with E-state index in [0.29, 0.717) is 24.0 Å². The monoisotopic (exact) mass is 305 g/mol. The van der Waals surface area contributed by atoms with Gasteiger partial charge in [0.25, 0.3) is 0 Å². The molecule has 21 heavy (non-hydrogen) atoms. The number of benzene rings is 2. The number of halogens is 1. The van der Waals surface area contributed by atoms with Crippen LogP contribution in [0.5, 0.6) is 11.5 Å². The molecular formula is C17H20ClNO2. The van der Waals surface area contributed by atoms with E-state index >= 15 is 0 Å². The summed E-state index contributed by atoms with van der Waals surface area (Å²) in [6.07, 6.45) is 0. The van der Waals surface area contributed by atoms with Crippen molar-refractivity contribution in [1.82, 2.24) is 0 Å². The van der Waals surface area contributed by atoms with Crippen LogP contribution in [0.4, 0.5) is 0 Å². The van der Waals surface area contributed by atoms with E-state index in [1.54, 1.807) is 0 Å². The van der Waals surface area contributed by atoms with Crippen LogP contribution in [0.15, 0.2) is 42.5 Å². The lowest BCUT2D eigenvalue weighted by Gasteiger charge is -2.17. The smallest absolute Gasteiger partial charge is 0.161 e. The van der Waals surface area contributed by atoms with Crippen LogP contribution >= 0.6 is 11.6 Å². The van der Waals surface area contributed by atoms with Gasteiger partial charge in [-0.25, -0.2) is 0 Å². The van der Waals surface area contributed by atoms with Gasteiger partial charge in [0.15, 0.2) is 11.5 Å². The van der Waals surface area contributed by atoms with Gasteiger partial charge in [-0.3, -0.25) is 0 Å². The molecule has 0 fully saturated rings. The molecule has 0 radical (unpaired) electrons. The Morgan fingerprint density at radius 3 is 2.33 bits per heavy atom. The number of hydrogen-bond acceptors (Lipinski definition) is 3. The Hall–Kier alpha value is -1.71. The summed E-state index contributed by atoms with van der Waals surface area (Å²) in [5, 5.41) is 0.664. The summed E-state index contributed by atoms with van der Waals surface area (Å²) < 4.78 is 11.2. The van der Waals surface area contributed by atoms with Crippen molar-refractivity contribution < 1.29 is 9.47 Å². The van der Waals surface area contributed by atoms with Gasteiger partial charge in [0, 0.05) is 5.02 Å². The van der Waals surface area contributed by atoms with Gasteiger partial charge < -0.3 is 15.2 Å². The molecule has 0 saturated carbocycles. The van der Waals surface area contributed by atoms with Crippen LogP contribution in [0.25, 0.3) is 0 Å². The van der Waals surface area contributed by atoms with E-state index in [2.05, 4.69) is 0 Å². The van der Waals surface area contributed by atoms with E-state index in [4.69, 9.17) is 26.8 Å². The number of nitrogens with two attached hydrogens (primary N) is 1. The van der Waals surface area contributed by atoms with Crippen LogP contribution in [0, 0.1) is 0 Å². The highest BCUT2D eigenvalue weighted by molar-refractivity contribution is 6.31. The van der Waals surface area contributed by atoms with Gasteiger partial charge in [-0.15, -0.1) is 0 Å². The van der Waals surface area contributed by atoms with E-state index in [1.807, 2.05) is 56.3 Å². The van der Waals surface area contributed by atoms with Crippen molar-refractivity contribution in [2.45, 2.75) is 19.9 Å². The summed E-state index contributed by atoms with van der Waals surface area (Å²) in [4.78, 5) is 0. The highest BCUT2D eigenvalue weighted by Gasteiger charge is 2.15. The molecule has 0 aliphatic carbocycles. The zero-order chi connectivity index (χ0) is 15.2. The van der Waals surface area contributed by atoms with Gasteiger partial charge in [-0.2, -0.15) is 0 Å². The second-order valence-electron chi connectivity index (χ2n) is 4.57. The van der Waals surface area contributed by atoms with Gasteiger partial charge in [0.2, 0.25) is 0 Å². The Kier molecular flexibility index (Phi) is 5.48. The first-order chi connectivity index (χ1) is 10.2. The second kappa shape index (κ2) is 7.34. The normalized spacial score (nSPS) is 12.0. The fourth-order valence-corrected chi connectivity index (χ4v) is 2.42. The van der Waals surface area contributed by atoms with Gasteiger partial charge in [0.05, 0.1) is 19.3 Å². The third kappa shape index (κ3) is 3.69. The first kappa shape index (κ1) is 15.7. The van der Waals surface area contributed by atoms with Crippen molar-refractivity contribution in [3.8, 4) is 11.5 Å². The van der Waals surface area contributed by atoms with Crippen molar-refractivity contribution in [2.24, 2.45) is 5.73 Å². The quantitative estimate of drug-likeness (QED) is 0.870. The highest BCUT2D eigenvalue weighted by atomic mass is 35.5. The average molecular weight is 306 g/mol. The molecule has 2 N–H and O–H groups in total. The van der Waals surface area contributed by atoms with Gasteiger partial charge in [-0.05, 0) is 43.2 Å². The molecule has 2 aromatic rings. The Balaban J connectivity index is 2.35. The minimum Gasteiger partial charge on any atom is -0.490 e. The molecule has 0 amide bonds. The van der Waals surface area contributed by atoms with E-state index in [0.717, 1.165) is 16.9 Å². The first-order valence-corrected chi connectivity index (χ1v) is 7.44. The van der Waals surface area contributed by atoms with Crippen LogP contribution in [-0.2, 0) is 0 Å². The largest absolute Gasteiger partial charge is 0.490 e. The van der Waals surface area contributed by atoms with Gasteiger partial charge in [0.1, 0.15) is 0 Å².